The summed E-state index contributed by atoms with van der Waals surface area (Å²) in [4.78, 5) is 0. The molecule has 0 radical (unpaired) electrons. The molecule has 3 aromatic carbocycles. The summed E-state index contributed by atoms with van der Waals surface area (Å²) in [6.45, 7) is 6.55. The molecule has 4 aromatic rings. The van der Waals surface area contributed by atoms with Crippen molar-refractivity contribution in [2.75, 3.05) is 25.8 Å². The largest absolute Gasteiger partial charge is 1.00 e. The van der Waals surface area contributed by atoms with Crippen molar-refractivity contribution in [1.29, 1.82) is 0 Å². The lowest BCUT2D eigenvalue weighted by atomic mass is 9.88. The molecule has 39 heavy (non-hydrogen) atoms. The first-order valence-corrected chi connectivity index (χ1v) is 13.9. The van der Waals surface area contributed by atoms with Crippen molar-refractivity contribution in [3.8, 4) is 28.5 Å². The standard InChI is InChI=1S/C33H36N2O3.BrH/c1-4-5-6-7-15-34-32-28-20-35-16-14-24-18-30-31(38-21-37-30)19-26(24)33(35)27(25(28)12-13-29(32)36-3)17-23-10-8-22(2)9-11-23;/h8-13,18-20H,4-7,14-17,21H2,1-3H3;1H. The van der Waals surface area contributed by atoms with Crippen molar-refractivity contribution in [3.63, 3.8) is 0 Å². The number of ether oxygens (including phenoxy) is 3. The molecule has 1 aromatic heterocycles. The van der Waals surface area contributed by atoms with Crippen LogP contribution in [0.2, 0.25) is 0 Å². The highest BCUT2D eigenvalue weighted by Crippen LogP contribution is 2.43. The summed E-state index contributed by atoms with van der Waals surface area (Å²) >= 11 is 0. The van der Waals surface area contributed by atoms with Gasteiger partial charge in [-0.2, -0.15) is 4.57 Å². The topological polar surface area (TPSA) is 43.6 Å². The minimum Gasteiger partial charge on any atom is -1.00 e. The molecule has 2 aliphatic rings. The van der Waals surface area contributed by atoms with E-state index < -0.39 is 0 Å². The van der Waals surface area contributed by atoms with Gasteiger partial charge in [0.25, 0.3) is 0 Å². The van der Waals surface area contributed by atoms with Crippen LogP contribution in [0.3, 0.4) is 0 Å². The van der Waals surface area contributed by atoms with Crippen molar-refractivity contribution < 1.29 is 35.8 Å². The van der Waals surface area contributed by atoms with E-state index in [4.69, 9.17) is 14.2 Å². The van der Waals surface area contributed by atoms with E-state index in [1.54, 1.807) is 7.11 Å². The number of halogens is 1. The van der Waals surface area contributed by atoms with Gasteiger partial charge in [0.15, 0.2) is 24.2 Å². The predicted molar refractivity (Wildman–Crippen MR) is 153 cm³/mol. The predicted octanol–water partition coefficient (Wildman–Crippen LogP) is 3.98. The van der Waals surface area contributed by atoms with Gasteiger partial charge in [-0.25, -0.2) is 0 Å². The number of fused-ring (bicyclic) bond motifs is 5. The van der Waals surface area contributed by atoms with Crippen LogP contribution in [0.5, 0.6) is 17.2 Å². The average molecular weight is 590 g/mol. The summed E-state index contributed by atoms with van der Waals surface area (Å²) in [6, 6.07) is 17.6. The maximum Gasteiger partial charge on any atom is 0.231 e. The van der Waals surface area contributed by atoms with Gasteiger partial charge in [-0.1, -0.05) is 56.0 Å². The van der Waals surface area contributed by atoms with Gasteiger partial charge in [0.05, 0.1) is 23.7 Å². The van der Waals surface area contributed by atoms with Crippen molar-refractivity contribution in [2.45, 2.75) is 58.9 Å². The molecule has 0 saturated carbocycles. The molecule has 0 aliphatic carbocycles. The second-order valence-electron chi connectivity index (χ2n) is 10.5. The molecule has 5 nitrogen and oxygen atoms in total. The molecule has 6 heteroatoms. The molecule has 0 bridgehead atoms. The maximum absolute atomic E-state index is 5.85. The summed E-state index contributed by atoms with van der Waals surface area (Å²) in [5.41, 5.74) is 8.86. The summed E-state index contributed by atoms with van der Waals surface area (Å²) in [5, 5.41) is 6.23. The minimum absolute atomic E-state index is 0. The summed E-state index contributed by atoms with van der Waals surface area (Å²) < 4.78 is 19.8. The first-order valence-electron chi connectivity index (χ1n) is 13.9. The number of rotatable bonds is 9. The van der Waals surface area contributed by atoms with Crippen LogP contribution in [0.4, 0.5) is 5.69 Å². The Morgan fingerprint density at radius 1 is 0.949 bits per heavy atom. The second-order valence-corrected chi connectivity index (χ2v) is 10.5. The average Bonchev–Trinajstić information content (AvgIpc) is 3.40. The highest BCUT2D eigenvalue weighted by atomic mass is 79.9. The number of nitrogens with zero attached hydrogens (tertiary/aromatic N) is 1. The summed E-state index contributed by atoms with van der Waals surface area (Å²) in [7, 11) is 1.76. The number of aromatic nitrogens is 1. The first kappa shape index (κ1) is 27.3. The van der Waals surface area contributed by atoms with Crippen molar-refractivity contribution in [1.82, 2.24) is 0 Å². The van der Waals surface area contributed by atoms with Gasteiger partial charge < -0.3 is 36.5 Å². The van der Waals surface area contributed by atoms with Gasteiger partial charge in [-0.3, -0.25) is 0 Å². The number of hydrogen-bond donors (Lipinski definition) is 1. The fourth-order valence-corrected chi connectivity index (χ4v) is 5.87. The van der Waals surface area contributed by atoms with Crippen molar-refractivity contribution >= 4 is 16.5 Å². The molecular formula is C33H37BrN2O3. The highest BCUT2D eigenvalue weighted by Gasteiger charge is 2.32. The number of benzene rings is 3. The number of pyridine rings is 1. The van der Waals surface area contributed by atoms with Gasteiger partial charge >= 0.3 is 0 Å². The Labute approximate surface area is 241 Å². The first-order chi connectivity index (χ1) is 18.7. The molecule has 0 amide bonds. The van der Waals surface area contributed by atoms with Gasteiger partial charge in [0.1, 0.15) is 5.75 Å². The van der Waals surface area contributed by atoms with E-state index in [-0.39, 0.29) is 17.0 Å². The molecule has 0 fully saturated rings. The zero-order valence-electron chi connectivity index (χ0n) is 23.1. The Bertz CT molecular complexity index is 1480. The van der Waals surface area contributed by atoms with Crippen LogP contribution in [0, 0.1) is 6.92 Å². The zero-order chi connectivity index (χ0) is 26.1. The smallest absolute Gasteiger partial charge is 0.231 e. The minimum atomic E-state index is 0. The molecule has 1 N–H and O–H groups in total. The second kappa shape index (κ2) is 11.9. The van der Waals surface area contributed by atoms with Crippen LogP contribution in [0.1, 0.15) is 54.9 Å². The third-order valence-electron chi connectivity index (χ3n) is 7.92. The van der Waals surface area contributed by atoms with Crippen LogP contribution in [-0.4, -0.2) is 20.4 Å². The van der Waals surface area contributed by atoms with Gasteiger partial charge in [0, 0.05) is 30.3 Å². The molecule has 3 heterocycles. The zero-order valence-corrected chi connectivity index (χ0v) is 24.7. The van der Waals surface area contributed by atoms with Crippen LogP contribution in [-0.2, 0) is 19.4 Å². The third-order valence-corrected chi connectivity index (χ3v) is 7.92. The molecule has 204 valence electrons. The van der Waals surface area contributed by atoms with Crippen LogP contribution >= 0.6 is 0 Å². The van der Waals surface area contributed by atoms with Crippen LogP contribution in [0.15, 0.2) is 54.7 Å². The number of methoxy groups -OCH3 is 1. The van der Waals surface area contributed by atoms with E-state index in [9.17, 15) is 0 Å². The highest BCUT2D eigenvalue weighted by molar-refractivity contribution is 6.00. The molecule has 6 rings (SSSR count). The van der Waals surface area contributed by atoms with E-state index in [2.05, 4.69) is 78.5 Å². The molecule has 0 saturated heterocycles. The molecule has 0 spiro atoms. The fraction of sp³-hybridized carbons (Fsp3) is 0.364. The van der Waals surface area contributed by atoms with E-state index in [1.165, 1.54) is 63.5 Å². The van der Waals surface area contributed by atoms with E-state index in [0.29, 0.717) is 6.79 Å². The van der Waals surface area contributed by atoms with E-state index in [1.807, 2.05) is 0 Å². The number of anilines is 1. The Balaban J connectivity index is 0.00000308. The van der Waals surface area contributed by atoms with Crippen LogP contribution in [0.25, 0.3) is 22.0 Å². The van der Waals surface area contributed by atoms with Gasteiger partial charge in [0.2, 0.25) is 12.5 Å². The number of unbranched alkanes of at least 4 members (excludes halogenated alkanes) is 3. The molecule has 0 atom stereocenters. The summed E-state index contributed by atoms with van der Waals surface area (Å²) in [5.74, 6) is 2.59. The lowest BCUT2D eigenvalue weighted by Crippen LogP contribution is -3.00. The summed E-state index contributed by atoms with van der Waals surface area (Å²) in [6.07, 6.45) is 9.05. The fourth-order valence-electron chi connectivity index (χ4n) is 5.87. The van der Waals surface area contributed by atoms with E-state index >= 15 is 0 Å². The van der Waals surface area contributed by atoms with Crippen molar-refractivity contribution in [2.24, 2.45) is 0 Å². The molecular weight excluding hydrogens is 552 g/mol. The Hall–Kier alpha value is -3.25. The van der Waals surface area contributed by atoms with Gasteiger partial charge in [-0.15, -0.1) is 0 Å². The van der Waals surface area contributed by atoms with Gasteiger partial charge in [-0.05, 0) is 48.7 Å². The maximum atomic E-state index is 5.85. The number of nitrogens with one attached hydrogen (secondary N) is 1. The Kier molecular flexibility index (Phi) is 8.31. The van der Waals surface area contributed by atoms with E-state index in [0.717, 1.165) is 55.3 Å². The third kappa shape index (κ3) is 5.31. The molecule has 2 aliphatic heterocycles. The Morgan fingerprint density at radius 2 is 1.74 bits per heavy atom. The SMILES string of the molecule is CCCCCCNc1c(OC)ccc2c(Cc3ccc(C)cc3)c3[n+](cc12)CCc1cc2c(cc1-3)OCO2.[Br-]. The van der Waals surface area contributed by atoms with Crippen LogP contribution < -0.4 is 41.1 Å². The number of hydrogen-bond acceptors (Lipinski definition) is 4. The quantitative estimate of drug-likeness (QED) is 0.237. The Morgan fingerprint density at radius 3 is 2.51 bits per heavy atom. The lowest BCUT2D eigenvalue weighted by Gasteiger charge is -2.22. The van der Waals surface area contributed by atoms with Crippen molar-refractivity contribution in [3.05, 3.63) is 77.0 Å². The monoisotopic (exact) mass is 588 g/mol. The normalized spacial score (nSPS) is 13.0. The molecule has 0 unspecified atom stereocenters. The lowest BCUT2D eigenvalue weighted by molar-refractivity contribution is -0.686. The number of aryl methyl sites for hydroxylation is 3.